The van der Waals surface area contributed by atoms with E-state index in [2.05, 4.69) is 39.1 Å². The summed E-state index contributed by atoms with van der Waals surface area (Å²) in [5.74, 6) is 0. The molecule has 17 heavy (non-hydrogen) atoms. The van der Waals surface area contributed by atoms with E-state index in [4.69, 9.17) is 0 Å². The minimum atomic E-state index is 0.631. The van der Waals surface area contributed by atoms with Crippen molar-refractivity contribution in [1.82, 2.24) is 5.32 Å². The minimum Gasteiger partial charge on any atom is -0.315 e. The molecule has 1 N–H and O–H groups in total. The molecule has 0 saturated heterocycles. The molecular formula is C15H27NS. The first-order chi connectivity index (χ1) is 8.09. The van der Waals surface area contributed by atoms with Crippen molar-refractivity contribution in [3.8, 4) is 0 Å². The van der Waals surface area contributed by atoms with Crippen LogP contribution in [-0.4, -0.2) is 12.6 Å². The molecule has 0 saturated carbocycles. The number of aryl methyl sites for hydroxylation is 3. The van der Waals surface area contributed by atoms with E-state index >= 15 is 0 Å². The SMILES string of the molecule is Cc1cc(CCCCCCNC(C)C)c(C)s1. The Bertz CT molecular complexity index is 315. The summed E-state index contributed by atoms with van der Waals surface area (Å²) in [5, 5.41) is 3.47. The summed E-state index contributed by atoms with van der Waals surface area (Å²) in [7, 11) is 0. The molecule has 0 radical (unpaired) electrons. The Morgan fingerprint density at radius 1 is 1.12 bits per heavy atom. The van der Waals surface area contributed by atoms with Crippen molar-refractivity contribution in [3.05, 3.63) is 21.4 Å². The van der Waals surface area contributed by atoms with Gasteiger partial charge in [0.2, 0.25) is 0 Å². The zero-order valence-electron chi connectivity index (χ0n) is 11.8. The Kier molecular flexibility index (Phi) is 6.83. The van der Waals surface area contributed by atoms with Crippen molar-refractivity contribution in [3.63, 3.8) is 0 Å². The maximum atomic E-state index is 3.47. The lowest BCUT2D eigenvalue weighted by atomic mass is 10.1. The van der Waals surface area contributed by atoms with Crippen LogP contribution in [-0.2, 0) is 6.42 Å². The second-order valence-electron chi connectivity index (χ2n) is 5.21. The molecular weight excluding hydrogens is 226 g/mol. The topological polar surface area (TPSA) is 12.0 Å². The third kappa shape index (κ3) is 6.23. The molecule has 1 rings (SSSR count). The first kappa shape index (κ1) is 14.7. The Balaban J connectivity index is 2.03. The van der Waals surface area contributed by atoms with E-state index in [-0.39, 0.29) is 0 Å². The van der Waals surface area contributed by atoms with Gasteiger partial charge in [0.1, 0.15) is 0 Å². The van der Waals surface area contributed by atoms with Gasteiger partial charge >= 0.3 is 0 Å². The highest BCUT2D eigenvalue weighted by atomic mass is 32.1. The van der Waals surface area contributed by atoms with Crippen molar-refractivity contribution in [1.29, 1.82) is 0 Å². The molecule has 2 heteroatoms. The highest BCUT2D eigenvalue weighted by Crippen LogP contribution is 2.22. The molecule has 1 nitrogen and oxygen atoms in total. The number of rotatable bonds is 8. The first-order valence-corrected chi connectivity index (χ1v) is 7.70. The van der Waals surface area contributed by atoms with Crippen LogP contribution >= 0.6 is 11.3 Å². The lowest BCUT2D eigenvalue weighted by Gasteiger charge is -2.07. The van der Waals surface area contributed by atoms with Gasteiger partial charge in [-0.05, 0) is 51.3 Å². The van der Waals surface area contributed by atoms with Crippen molar-refractivity contribution >= 4 is 11.3 Å². The quantitative estimate of drug-likeness (QED) is 0.674. The smallest absolute Gasteiger partial charge is 0.00490 e. The van der Waals surface area contributed by atoms with Crippen molar-refractivity contribution in [2.75, 3.05) is 6.54 Å². The Morgan fingerprint density at radius 3 is 2.41 bits per heavy atom. The number of hydrogen-bond acceptors (Lipinski definition) is 2. The van der Waals surface area contributed by atoms with E-state index in [0.717, 1.165) is 0 Å². The maximum absolute atomic E-state index is 3.47. The van der Waals surface area contributed by atoms with E-state index in [9.17, 15) is 0 Å². The highest BCUT2D eigenvalue weighted by Gasteiger charge is 2.02. The molecule has 1 heterocycles. The van der Waals surface area contributed by atoms with E-state index in [0.29, 0.717) is 6.04 Å². The van der Waals surface area contributed by atoms with Crippen LogP contribution in [0, 0.1) is 13.8 Å². The van der Waals surface area contributed by atoms with Crippen LogP contribution in [0.3, 0.4) is 0 Å². The molecule has 0 aromatic carbocycles. The molecule has 0 atom stereocenters. The van der Waals surface area contributed by atoms with Gasteiger partial charge in [-0.25, -0.2) is 0 Å². The van der Waals surface area contributed by atoms with Gasteiger partial charge in [0, 0.05) is 15.8 Å². The summed E-state index contributed by atoms with van der Waals surface area (Å²) in [6.45, 7) is 10.1. The molecule has 0 bridgehead atoms. The standard InChI is InChI=1S/C15H27NS/c1-12(2)16-10-8-6-5-7-9-15-11-13(3)17-14(15)4/h11-12,16H,5-10H2,1-4H3. The average molecular weight is 253 g/mol. The predicted octanol–water partition coefficient (Wildman–Crippen LogP) is 4.47. The summed E-state index contributed by atoms with van der Waals surface area (Å²) in [4.78, 5) is 2.97. The zero-order chi connectivity index (χ0) is 12.7. The zero-order valence-corrected chi connectivity index (χ0v) is 12.6. The second kappa shape index (κ2) is 7.88. The van der Waals surface area contributed by atoms with E-state index < -0.39 is 0 Å². The molecule has 98 valence electrons. The van der Waals surface area contributed by atoms with Gasteiger partial charge < -0.3 is 5.32 Å². The molecule has 0 aliphatic carbocycles. The summed E-state index contributed by atoms with van der Waals surface area (Å²) >= 11 is 1.93. The lowest BCUT2D eigenvalue weighted by molar-refractivity contribution is 0.542. The van der Waals surface area contributed by atoms with Gasteiger partial charge in [-0.3, -0.25) is 0 Å². The highest BCUT2D eigenvalue weighted by molar-refractivity contribution is 7.12. The van der Waals surface area contributed by atoms with Gasteiger partial charge in [-0.2, -0.15) is 0 Å². The lowest BCUT2D eigenvalue weighted by Crippen LogP contribution is -2.23. The van der Waals surface area contributed by atoms with Crippen molar-refractivity contribution < 1.29 is 0 Å². The summed E-state index contributed by atoms with van der Waals surface area (Å²) in [6, 6.07) is 2.99. The molecule has 0 spiro atoms. The molecule has 0 fully saturated rings. The first-order valence-electron chi connectivity index (χ1n) is 6.89. The van der Waals surface area contributed by atoms with Crippen LogP contribution in [0.15, 0.2) is 6.07 Å². The van der Waals surface area contributed by atoms with Crippen LogP contribution in [0.25, 0.3) is 0 Å². The van der Waals surface area contributed by atoms with Crippen LogP contribution in [0.2, 0.25) is 0 Å². The second-order valence-corrected chi connectivity index (χ2v) is 6.67. The third-order valence-electron chi connectivity index (χ3n) is 3.07. The average Bonchev–Trinajstić information content (AvgIpc) is 2.55. The third-order valence-corrected chi connectivity index (χ3v) is 4.08. The van der Waals surface area contributed by atoms with Crippen LogP contribution in [0.1, 0.15) is 54.8 Å². The van der Waals surface area contributed by atoms with Crippen LogP contribution in [0.5, 0.6) is 0 Å². The van der Waals surface area contributed by atoms with Gasteiger partial charge in [0.25, 0.3) is 0 Å². The molecule has 1 aromatic rings. The van der Waals surface area contributed by atoms with Crippen LogP contribution in [0.4, 0.5) is 0 Å². The summed E-state index contributed by atoms with van der Waals surface area (Å²) < 4.78 is 0. The predicted molar refractivity (Wildman–Crippen MR) is 79.1 cm³/mol. The van der Waals surface area contributed by atoms with Crippen molar-refractivity contribution in [2.45, 2.75) is 65.8 Å². The number of hydrogen-bond donors (Lipinski definition) is 1. The Hall–Kier alpha value is -0.340. The number of unbranched alkanes of at least 4 members (excludes halogenated alkanes) is 3. The summed E-state index contributed by atoms with van der Waals surface area (Å²) in [5.41, 5.74) is 1.58. The van der Waals surface area contributed by atoms with Gasteiger partial charge in [0.15, 0.2) is 0 Å². The maximum Gasteiger partial charge on any atom is 0.00490 e. The molecule has 0 amide bonds. The molecule has 0 unspecified atom stereocenters. The summed E-state index contributed by atoms with van der Waals surface area (Å²) in [6.07, 6.45) is 6.67. The van der Waals surface area contributed by atoms with Crippen LogP contribution < -0.4 is 5.32 Å². The van der Waals surface area contributed by atoms with E-state index in [1.165, 1.54) is 48.4 Å². The Labute approximate surface area is 111 Å². The fourth-order valence-corrected chi connectivity index (χ4v) is 3.09. The van der Waals surface area contributed by atoms with E-state index in [1.54, 1.807) is 5.56 Å². The van der Waals surface area contributed by atoms with Gasteiger partial charge in [-0.1, -0.05) is 26.7 Å². The van der Waals surface area contributed by atoms with Gasteiger partial charge in [-0.15, -0.1) is 11.3 Å². The van der Waals surface area contributed by atoms with E-state index in [1.807, 2.05) is 11.3 Å². The Morgan fingerprint density at radius 2 is 1.82 bits per heavy atom. The molecule has 0 aliphatic heterocycles. The molecule has 1 aromatic heterocycles. The number of thiophene rings is 1. The fourth-order valence-electron chi connectivity index (χ4n) is 2.12. The molecule has 0 aliphatic rings. The van der Waals surface area contributed by atoms with Gasteiger partial charge in [0.05, 0.1) is 0 Å². The monoisotopic (exact) mass is 253 g/mol. The normalized spacial score (nSPS) is 11.4. The number of nitrogens with one attached hydrogen (secondary N) is 1. The van der Waals surface area contributed by atoms with Crippen molar-refractivity contribution in [2.24, 2.45) is 0 Å². The largest absolute Gasteiger partial charge is 0.315 e. The fraction of sp³-hybridized carbons (Fsp3) is 0.733. The minimum absolute atomic E-state index is 0.631.